The first kappa shape index (κ1) is 16.5. The SMILES string of the molecule is C[C@@H](OC(=O)c1sc2cc(Cl)ccc2c1Cl)C(=O)NC(N)=O. The minimum Gasteiger partial charge on any atom is -0.448 e. The van der Waals surface area contributed by atoms with Gasteiger partial charge in [0, 0.05) is 15.1 Å². The van der Waals surface area contributed by atoms with Crippen LogP contribution in [0.15, 0.2) is 18.2 Å². The molecule has 1 heterocycles. The van der Waals surface area contributed by atoms with Crippen molar-refractivity contribution in [2.24, 2.45) is 5.73 Å². The zero-order chi connectivity index (χ0) is 16.4. The van der Waals surface area contributed by atoms with Crippen molar-refractivity contribution in [3.05, 3.63) is 33.1 Å². The Morgan fingerprint density at radius 1 is 1.32 bits per heavy atom. The second kappa shape index (κ2) is 6.51. The Bertz CT molecular complexity index is 775. The summed E-state index contributed by atoms with van der Waals surface area (Å²) in [7, 11) is 0. The summed E-state index contributed by atoms with van der Waals surface area (Å²) in [4.78, 5) is 34.3. The number of halogens is 2. The van der Waals surface area contributed by atoms with Crippen LogP contribution in [-0.4, -0.2) is 24.0 Å². The van der Waals surface area contributed by atoms with Crippen molar-refractivity contribution in [3.63, 3.8) is 0 Å². The van der Waals surface area contributed by atoms with Crippen molar-refractivity contribution in [2.75, 3.05) is 0 Å². The molecule has 1 atom stereocenters. The van der Waals surface area contributed by atoms with E-state index in [1.165, 1.54) is 6.92 Å². The van der Waals surface area contributed by atoms with Crippen LogP contribution >= 0.6 is 34.5 Å². The molecule has 0 saturated heterocycles. The topological polar surface area (TPSA) is 98.5 Å². The van der Waals surface area contributed by atoms with Crippen LogP contribution < -0.4 is 11.1 Å². The number of urea groups is 1. The number of ether oxygens (including phenoxy) is 1. The number of amides is 3. The van der Waals surface area contributed by atoms with E-state index in [9.17, 15) is 14.4 Å². The van der Waals surface area contributed by atoms with Gasteiger partial charge in [-0.3, -0.25) is 10.1 Å². The van der Waals surface area contributed by atoms with Gasteiger partial charge in [0.2, 0.25) is 0 Å². The summed E-state index contributed by atoms with van der Waals surface area (Å²) in [6.45, 7) is 1.31. The third-order valence-corrected chi connectivity index (χ3v) is 4.55. The zero-order valence-corrected chi connectivity index (χ0v) is 13.5. The standard InChI is InChI=1S/C13H10Cl2N2O4S/c1-5(11(18)17-13(16)20)21-12(19)10-9(15)7-3-2-6(14)4-8(7)22-10/h2-5H,1H3,(H3,16,17,18,20)/t5-/m1/s1. The minimum absolute atomic E-state index is 0.151. The maximum atomic E-state index is 12.1. The molecule has 0 aliphatic carbocycles. The van der Waals surface area contributed by atoms with Gasteiger partial charge in [0.1, 0.15) is 4.88 Å². The van der Waals surface area contributed by atoms with E-state index in [0.29, 0.717) is 10.4 Å². The monoisotopic (exact) mass is 360 g/mol. The third kappa shape index (κ3) is 3.49. The normalized spacial score (nSPS) is 12.0. The number of nitrogens with one attached hydrogen (secondary N) is 1. The Morgan fingerprint density at radius 2 is 2.00 bits per heavy atom. The van der Waals surface area contributed by atoms with Crippen LogP contribution in [0.3, 0.4) is 0 Å². The number of nitrogens with two attached hydrogens (primary N) is 1. The van der Waals surface area contributed by atoms with Gasteiger partial charge in [-0.2, -0.15) is 0 Å². The van der Waals surface area contributed by atoms with Crippen molar-refractivity contribution in [3.8, 4) is 0 Å². The highest BCUT2D eigenvalue weighted by Crippen LogP contribution is 2.37. The van der Waals surface area contributed by atoms with Gasteiger partial charge >= 0.3 is 12.0 Å². The van der Waals surface area contributed by atoms with Crippen molar-refractivity contribution >= 4 is 62.5 Å². The first-order valence-electron chi connectivity index (χ1n) is 5.98. The molecule has 0 bridgehead atoms. The number of carbonyl (C=O) groups excluding carboxylic acids is 3. The average molecular weight is 361 g/mol. The summed E-state index contributed by atoms with van der Waals surface area (Å²) in [6.07, 6.45) is -1.19. The van der Waals surface area contributed by atoms with Crippen LogP contribution in [0.5, 0.6) is 0 Å². The fourth-order valence-electron chi connectivity index (χ4n) is 1.66. The average Bonchev–Trinajstić information content (AvgIpc) is 2.74. The highest BCUT2D eigenvalue weighted by molar-refractivity contribution is 7.21. The van der Waals surface area contributed by atoms with Gasteiger partial charge in [-0.25, -0.2) is 9.59 Å². The van der Waals surface area contributed by atoms with Gasteiger partial charge in [-0.15, -0.1) is 11.3 Å². The molecule has 9 heteroatoms. The first-order chi connectivity index (χ1) is 10.3. The van der Waals surface area contributed by atoms with Crippen LogP contribution in [0, 0.1) is 0 Å². The Morgan fingerprint density at radius 3 is 2.64 bits per heavy atom. The predicted molar refractivity (Wildman–Crippen MR) is 84.4 cm³/mol. The number of hydrogen-bond donors (Lipinski definition) is 2. The van der Waals surface area contributed by atoms with Gasteiger partial charge < -0.3 is 10.5 Å². The molecule has 1 aromatic heterocycles. The number of benzene rings is 1. The highest BCUT2D eigenvalue weighted by Gasteiger charge is 2.24. The van der Waals surface area contributed by atoms with Crippen molar-refractivity contribution < 1.29 is 19.1 Å². The molecule has 2 rings (SSSR count). The molecule has 0 radical (unpaired) electrons. The molecule has 0 unspecified atom stereocenters. The maximum absolute atomic E-state index is 12.1. The van der Waals surface area contributed by atoms with E-state index in [-0.39, 0.29) is 9.90 Å². The van der Waals surface area contributed by atoms with E-state index in [1.807, 2.05) is 5.32 Å². The molecular formula is C13H10Cl2N2O4S. The van der Waals surface area contributed by atoms with E-state index >= 15 is 0 Å². The van der Waals surface area contributed by atoms with E-state index in [1.54, 1.807) is 18.2 Å². The second-order valence-electron chi connectivity index (χ2n) is 4.29. The second-order valence-corrected chi connectivity index (χ2v) is 6.15. The van der Waals surface area contributed by atoms with Crippen LogP contribution in [-0.2, 0) is 9.53 Å². The Balaban J connectivity index is 2.21. The highest BCUT2D eigenvalue weighted by atomic mass is 35.5. The number of thiophene rings is 1. The molecule has 116 valence electrons. The predicted octanol–water partition coefficient (Wildman–Crippen LogP) is 2.95. The molecule has 0 aliphatic heterocycles. The number of fused-ring (bicyclic) bond motifs is 1. The number of rotatable bonds is 3. The molecule has 3 amide bonds. The molecule has 0 aliphatic rings. The van der Waals surface area contributed by atoms with E-state index in [2.05, 4.69) is 0 Å². The summed E-state index contributed by atoms with van der Waals surface area (Å²) >= 11 is 13.1. The summed E-state index contributed by atoms with van der Waals surface area (Å²) in [5.41, 5.74) is 4.82. The van der Waals surface area contributed by atoms with Crippen LogP contribution in [0.1, 0.15) is 16.6 Å². The Hall–Kier alpha value is -1.83. The zero-order valence-electron chi connectivity index (χ0n) is 11.2. The van der Waals surface area contributed by atoms with E-state index in [0.717, 1.165) is 16.0 Å². The number of imide groups is 1. The largest absolute Gasteiger partial charge is 0.448 e. The molecule has 2 aromatic rings. The number of primary amides is 1. The van der Waals surface area contributed by atoms with Gasteiger partial charge in [0.15, 0.2) is 6.10 Å². The van der Waals surface area contributed by atoms with Crippen molar-refractivity contribution in [2.45, 2.75) is 13.0 Å². The maximum Gasteiger partial charge on any atom is 0.350 e. The summed E-state index contributed by atoms with van der Waals surface area (Å²) in [6, 6.07) is 3.99. The van der Waals surface area contributed by atoms with E-state index < -0.39 is 24.0 Å². The number of esters is 1. The fraction of sp³-hybridized carbons (Fsp3) is 0.154. The minimum atomic E-state index is -1.19. The summed E-state index contributed by atoms with van der Waals surface area (Å²) < 4.78 is 5.69. The molecule has 0 spiro atoms. The quantitative estimate of drug-likeness (QED) is 0.821. The summed E-state index contributed by atoms with van der Waals surface area (Å²) in [5, 5.41) is 3.23. The lowest BCUT2D eigenvalue weighted by atomic mass is 10.2. The van der Waals surface area contributed by atoms with Crippen LogP contribution in [0.2, 0.25) is 10.0 Å². The van der Waals surface area contributed by atoms with Gasteiger partial charge in [0.05, 0.1) is 5.02 Å². The molecule has 1 aromatic carbocycles. The molecule has 6 nitrogen and oxygen atoms in total. The van der Waals surface area contributed by atoms with Crippen LogP contribution in [0.4, 0.5) is 4.79 Å². The Kier molecular flexibility index (Phi) is 4.90. The molecule has 0 saturated carbocycles. The lowest BCUT2D eigenvalue weighted by Gasteiger charge is -2.11. The first-order valence-corrected chi connectivity index (χ1v) is 7.55. The van der Waals surface area contributed by atoms with Crippen molar-refractivity contribution in [1.82, 2.24) is 5.32 Å². The molecule has 0 fully saturated rings. The number of carbonyl (C=O) groups is 3. The van der Waals surface area contributed by atoms with E-state index in [4.69, 9.17) is 33.7 Å². The van der Waals surface area contributed by atoms with Gasteiger partial charge in [-0.1, -0.05) is 29.3 Å². The smallest absolute Gasteiger partial charge is 0.350 e. The molecule has 3 N–H and O–H groups in total. The Labute approximate surface area is 139 Å². The molecular weight excluding hydrogens is 351 g/mol. The lowest BCUT2D eigenvalue weighted by molar-refractivity contribution is -0.127. The number of hydrogen-bond acceptors (Lipinski definition) is 5. The van der Waals surface area contributed by atoms with Crippen molar-refractivity contribution in [1.29, 1.82) is 0 Å². The lowest BCUT2D eigenvalue weighted by Crippen LogP contribution is -2.42. The fourth-order valence-corrected chi connectivity index (χ4v) is 3.33. The van der Waals surface area contributed by atoms with Gasteiger partial charge in [-0.05, 0) is 19.1 Å². The van der Waals surface area contributed by atoms with Crippen LogP contribution in [0.25, 0.3) is 10.1 Å². The van der Waals surface area contributed by atoms with Gasteiger partial charge in [0.25, 0.3) is 5.91 Å². The molecule has 22 heavy (non-hydrogen) atoms. The third-order valence-electron chi connectivity index (χ3n) is 2.68. The summed E-state index contributed by atoms with van der Waals surface area (Å²) in [5.74, 6) is -1.59.